The molecule has 0 unspecified atom stereocenters. The minimum atomic E-state index is 0.239. The lowest BCUT2D eigenvalue weighted by Crippen LogP contribution is -2.37. The summed E-state index contributed by atoms with van der Waals surface area (Å²) < 4.78 is 0. The van der Waals surface area contributed by atoms with E-state index in [0.717, 1.165) is 6.04 Å². The second-order valence-corrected chi connectivity index (χ2v) is 5.38. The maximum absolute atomic E-state index is 6.10. The van der Waals surface area contributed by atoms with Crippen LogP contribution in [0.15, 0.2) is 0 Å². The Morgan fingerprint density at radius 3 is 2.43 bits per heavy atom. The first-order chi connectivity index (χ1) is 6.70. The van der Waals surface area contributed by atoms with Crippen molar-refractivity contribution in [1.29, 1.82) is 0 Å². The molecule has 14 heavy (non-hydrogen) atoms. The van der Waals surface area contributed by atoms with E-state index in [2.05, 4.69) is 11.9 Å². The third-order valence-electron chi connectivity index (χ3n) is 4.05. The van der Waals surface area contributed by atoms with Crippen LogP contribution in [0.2, 0.25) is 0 Å². The van der Waals surface area contributed by atoms with Gasteiger partial charge in [0.1, 0.15) is 0 Å². The first-order valence-electron chi connectivity index (χ1n) is 6.19. The van der Waals surface area contributed by atoms with E-state index in [0.29, 0.717) is 0 Å². The van der Waals surface area contributed by atoms with Crippen molar-refractivity contribution < 1.29 is 0 Å². The Balaban J connectivity index is 1.68. The van der Waals surface area contributed by atoms with Crippen molar-refractivity contribution in [2.45, 2.75) is 62.9 Å². The quantitative estimate of drug-likeness (QED) is 0.746. The Morgan fingerprint density at radius 1 is 1.21 bits per heavy atom. The highest BCUT2D eigenvalue weighted by Crippen LogP contribution is 2.36. The average Bonchev–Trinajstić information content (AvgIpc) is 2.95. The van der Waals surface area contributed by atoms with E-state index in [1.165, 1.54) is 57.9 Å². The van der Waals surface area contributed by atoms with Crippen molar-refractivity contribution in [3.63, 3.8) is 0 Å². The Kier molecular flexibility index (Phi) is 3.13. The molecular weight excluding hydrogens is 172 g/mol. The van der Waals surface area contributed by atoms with Crippen LogP contribution in [0, 0.1) is 0 Å². The topological polar surface area (TPSA) is 29.3 Å². The molecule has 2 nitrogen and oxygen atoms in total. The first-order valence-corrected chi connectivity index (χ1v) is 6.19. The molecule has 2 N–H and O–H groups in total. The third kappa shape index (κ3) is 2.71. The van der Waals surface area contributed by atoms with Crippen molar-refractivity contribution in [2.24, 2.45) is 5.73 Å². The predicted molar refractivity (Wildman–Crippen MR) is 60.3 cm³/mol. The third-order valence-corrected chi connectivity index (χ3v) is 4.05. The van der Waals surface area contributed by atoms with Gasteiger partial charge in [-0.3, -0.25) is 0 Å². The molecule has 2 heteroatoms. The lowest BCUT2D eigenvalue weighted by molar-refractivity contribution is 0.185. The van der Waals surface area contributed by atoms with Crippen LogP contribution < -0.4 is 5.73 Å². The molecule has 82 valence electrons. The molecule has 0 amide bonds. The van der Waals surface area contributed by atoms with E-state index in [4.69, 9.17) is 5.73 Å². The van der Waals surface area contributed by atoms with E-state index in [-0.39, 0.29) is 5.54 Å². The van der Waals surface area contributed by atoms with Crippen molar-refractivity contribution in [3.8, 4) is 0 Å². The van der Waals surface area contributed by atoms with Crippen molar-refractivity contribution in [3.05, 3.63) is 0 Å². The van der Waals surface area contributed by atoms with Gasteiger partial charge in [0.15, 0.2) is 0 Å². The van der Waals surface area contributed by atoms with E-state index >= 15 is 0 Å². The lowest BCUT2D eigenvalue weighted by Gasteiger charge is -2.31. The summed E-state index contributed by atoms with van der Waals surface area (Å²) >= 11 is 0. The van der Waals surface area contributed by atoms with E-state index < -0.39 is 0 Å². The van der Waals surface area contributed by atoms with Crippen molar-refractivity contribution in [1.82, 2.24) is 4.90 Å². The zero-order valence-corrected chi connectivity index (χ0v) is 9.47. The van der Waals surface area contributed by atoms with Gasteiger partial charge < -0.3 is 10.6 Å². The minimum absolute atomic E-state index is 0.239. The van der Waals surface area contributed by atoms with Crippen LogP contribution in [0.4, 0.5) is 0 Å². The van der Waals surface area contributed by atoms with E-state index in [1.54, 1.807) is 0 Å². The average molecular weight is 196 g/mol. The molecule has 2 aliphatic carbocycles. The van der Waals surface area contributed by atoms with Crippen LogP contribution in [0.25, 0.3) is 0 Å². The predicted octanol–water partition coefficient (Wildman–Crippen LogP) is 2.13. The summed E-state index contributed by atoms with van der Waals surface area (Å²) in [5, 5.41) is 0. The summed E-state index contributed by atoms with van der Waals surface area (Å²) in [5.41, 5.74) is 6.34. The zero-order chi connectivity index (χ0) is 10.0. The van der Waals surface area contributed by atoms with Gasteiger partial charge >= 0.3 is 0 Å². The van der Waals surface area contributed by atoms with Crippen LogP contribution in [-0.2, 0) is 0 Å². The maximum Gasteiger partial charge on any atom is 0.0167 e. The molecule has 2 rings (SSSR count). The molecule has 0 saturated heterocycles. The molecule has 2 fully saturated rings. The summed E-state index contributed by atoms with van der Waals surface area (Å²) in [6.07, 6.45) is 10.9. The largest absolute Gasteiger partial charge is 0.325 e. The molecule has 2 saturated carbocycles. The molecule has 0 aromatic rings. The summed E-state index contributed by atoms with van der Waals surface area (Å²) in [4.78, 5) is 2.55. The number of nitrogens with two attached hydrogens (primary N) is 1. The summed E-state index contributed by atoms with van der Waals surface area (Å²) in [6, 6.07) is 0.853. The highest BCUT2D eigenvalue weighted by Gasteiger charge is 2.37. The highest BCUT2D eigenvalue weighted by atomic mass is 15.1. The van der Waals surface area contributed by atoms with Crippen LogP contribution in [0.5, 0.6) is 0 Å². The zero-order valence-electron chi connectivity index (χ0n) is 9.47. The Bertz CT molecular complexity index is 181. The number of rotatable bonds is 4. The normalized spacial score (nSPS) is 26.8. The molecule has 0 atom stereocenters. The van der Waals surface area contributed by atoms with Crippen LogP contribution in [-0.4, -0.2) is 30.1 Å². The molecule has 0 heterocycles. The van der Waals surface area contributed by atoms with Gasteiger partial charge in [0.2, 0.25) is 0 Å². The second kappa shape index (κ2) is 4.19. The molecule has 0 aromatic carbocycles. The fourth-order valence-electron chi connectivity index (χ4n) is 2.51. The molecule has 0 radical (unpaired) electrons. The molecule has 2 aliphatic rings. The summed E-state index contributed by atoms with van der Waals surface area (Å²) in [5.74, 6) is 0. The maximum atomic E-state index is 6.10. The van der Waals surface area contributed by atoms with Gasteiger partial charge in [-0.05, 0) is 45.7 Å². The fourth-order valence-corrected chi connectivity index (χ4v) is 2.51. The monoisotopic (exact) mass is 196 g/mol. The standard InChI is InChI=1S/C12H24N2/c1-14(10-9-12(13)7-8-12)11-5-3-2-4-6-11/h11H,2-10,13H2,1H3. The lowest BCUT2D eigenvalue weighted by atomic mass is 9.94. The van der Waals surface area contributed by atoms with Gasteiger partial charge in [-0.25, -0.2) is 0 Å². The SMILES string of the molecule is CN(CCC1(N)CC1)C1CCCCC1. The van der Waals surface area contributed by atoms with Gasteiger partial charge in [0, 0.05) is 11.6 Å². The van der Waals surface area contributed by atoms with Crippen LogP contribution in [0.1, 0.15) is 51.4 Å². The highest BCUT2D eigenvalue weighted by molar-refractivity contribution is 4.99. The van der Waals surface area contributed by atoms with Crippen LogP contribution in [0.3, 0.4) is 0 Å². The van der Waals surface area contributed by atoms with Gasteiger partial charge in [-0.2, -0.15) is 0 Å². The molecule has 0 bridgehead atoms. The molecule has 0 aromatic heterocycles. The Morgan fingerprint density at radius 2 is 1.86 bits per heavy atom. The number of hydrogen-bond donors (Lipinski definition) is 1. The van der Waals surface area contributed by atoms with Crippen molar-refractivity contribution >= 4 is 0 Å². The van der Waals surface area contributed by atoms with Crippen molar-refractivity contribution in [2.75, 3.05) is 13.6 Å². The summed E-state index contributed by atoms with van der Waals surface area (Å²) in [7, 11) is 2.28. The fraction of sp³-hybridized carbons (Fsp3) is 1.00. The summed E-state index contributed by atoms with van der Waals surface area (Å²) in [6.45, 7) is 1.21. The number of nitrogens with zero attached hydrogens (tertiary/aromatic N) is 1. The minimum Gasteiger partial charge on any atom is -0.325 e. The number of hydrogen-bond acceptors (Lipinski definition) is 2. The van der Waals surface area contributed by atoms with Gasteiger partial charge in [-0.1, -0.05) is 19.3 Å². The second-order valence-electron chi connectivity index (χ2n) is 5.38. The van der Waals surface area contributed by atoms with E-state index in [1.807, 2.05) is 0 Å². The van der Waals surface area contributed by atoms with Crippen LogP contribution >= 0.6 is 0 Å². The van der Waals surface area contributed by atoms with Gasteiger partial charge in [0.05, 0.1) is 0 Å². The molecule has 0 aliphatic heterocycles. The van der Waals surface area contributed by atoms with Gasteiger partial charge in [-0.15, -0.1) is 0 Å². The van der Waals surface area contributed by atoms with Gasteiger partial charge in [0.25, 0.3) is 0 Å². The first kappa shape index (κ1) is 10.4. The Labute approximate surface area is 87.8 Å². The Hall–Kier alpha value is -0.0800. The smallest absolute Gasteiger partial charge is 0.0167 e. The molecular formula is C12H24N2. The van der Waals surface area contributed by atoms with E-state index in [9.17, 15) is 0 Å². The molecule has 0 spiro atoms.